The van der Waals surface area contributed by atoms with Gasteiger partial charge < -0.3 is 39.0 Å². The van der Waals surface area contributed by atoms with Crippen molar-refractivity contribution in [3.8, 4) is 11.3 Å². The zero-order chi connectivity index (χ0) is 37.7. The zero-order valence-corrected chi connectivity index (χ0v) is 30.6. The number of anilines is 1. The van der Waals surface area contributed by atoms with Crippen LogP contribution in [0.3, 0.4) is 0 Å². The fourth-order valence-electron chi connectivity index (χ4n) is 8.69. The van der Waals surface area contributed by atoms with Gasteiger partial charge in [-0.05, 0) is 106 Å². The molecule has 12 nitrogen and oxygen atoms in total. The summed E-state index contributed by atoms with van der Waals surface area (Å²) in [6.07, 6.45) is 0.620. The molecule has 2 aromatic heterocycles. The maximum atomic E-state index is 13.2. The molecular weight excluding hydrogens is 690 g/mol. The van der Waals surface area contributed by atoms with Gasteiger partial charge in [0.1, 0.15) is 42.1 Å². The number of carbonyl (C=O) groups excluding carboxylic acids is 2. The maximum Gasteiger partial charge on any atom is 0.359 e. The van der Waals surface area contributed by atoms with Crippen LogP contribution in [0.1, 0.15) is 77.4 Å². The largest absolute Gasteiger partial charge is 0.459 e. The van der Waals surface area contributed by atoms with Crippen LogP contribution in [-0.2, 0) is 25.4 Å². The van der Waals surface area contributed by atoms with Gasteiger partial charge in [-0.3, -0.25) is 0 Å². The SMILES string of the molecule is C=CCOC(=O)[C@H]1O[C@@H](OC(=O)c2cc(C)c3cc(N4CCC5(CC4)CC(Cc4c(-c6ccccc6C)noc4C4CC4)C5)ccc3n2)[C@H](O)[C@@H](O)[C@@H]1O. The van der Waals surface area contributed by atoms with Crippen LogP contribution in [-0.4, -0.2) is 87.8 Å². The second kappa shape index (κ2) is 14.6. The lowest BCUT2D eigenvalue weighted by molar-refractivity contribution is -0.279. The average Bonchev–Trinajstić information content (AvgIpc) is 3.93. The van der Waals surface area contributed by atoms with Crippen molar-refractivity contribution in [2.75, 3.05) is 24.6 Å². The summed E-state index contributed by atoms with van der Waals surface area (Å²) in [6, 6.07) is 16.1. The number of nitrogens with zero attached hydrogens (tertiary/aromatic N) is 3. The topological polar surface area (TPSA) is 165 Å². The highest BCUT2D eigenvalue weighted by Crippen LogP contribution is 2.55. The lowest BCUT2D eigenvalue weighted by Crippen LogP contribution is -2.60. The third kappa shape index (κ3) is 6.92. The standard InChI is InChI=1S/C42H47N3O9/c1-4-17-51-40(50)38-35(47)34(46)36(48)41(52-38)53-39(49)32-18-24(3)29-20-27(11-12-31(29)43-32)45-15-13-42(14-16-45)21-25(22-42)19-30-33(28-8-6-5-7-23(28)2)44-54-37(30)26-9-10-26/h4-8,11-12,18,20,25-26,34-36,38,41,46-48H,1,9-10,13-17,19,21-22H2,2-3H3/t34-,35-,36+,38-,41-/m0/s1. The van der Waals surface area contributed by atoms with Gasteiger partial charge in [0.15, 0.2) is 6.10 Å². The second-order valence-corrected chi connectivity index (χ2v) is 15.7. The second-order valence-electron chi connectivity index (χ2n) is 15.7. The number of aliphatic hydroxyl groups is 3. The van der Waals surface area contributed by atoms with Crippen LogP contribution in [0.5, 0.6) is 0 Å². The summed E-state index contributed by atoms with van der Waals surface area (Å²) in [4.78, 5) is 32.5. The number of ether oxygens (including phenoxy) is 3. The van der Waals surface area contributed by atoms with Crippen LogP contribution in [0.15, 0.2) is 65.7 Å². The van der Waals surface area contributed by atoms with Crippen LogP contribution in [0.4, 0.5) is 5.69 Å². The first-order valence-corrected chi connectivity index (χ1v) is 18.9. The van der Waals surface area contributed by atoms with Crippen molar-refractivity contribution in [1.82, 2.24) is 10.1 Å². The molecule has 8 rings (SSSR count). The van der Waals surface area contributed by atoms with Crippen LogP contribution in [0.2, 0.25) is 0 Å². The number of benzene rings is 2. The molecule has 5 atom stereocenters. The fourth-order valence-corrected chi connectivity index (χ4v) is 8.69. The summed E-state index contributed by atoms with van der Waals surface area (Å²) >= 11 is 0. The molecule has 2 aliphatic carbocycles. The number of aliphatic hydroxyl groups excluding tert-OH is 3. The highest BCUT2D eigenvalue weighted by molar-refractivity contribution is 5.93. The molecule has 0 amide bonds. The minimum Gasteiger partial charge on any atom is -0.459 e. The first-order valence-electron chi connectivity index (χ1n) is 18.9. The molecule has 1 spiro atoms. The van der Waals surface area contributed by atoms with Crippen LogP contribution in [0.25, 0.3) is 22.2 Å². The molecule has 2 saturated carbocycles. The van der Waals surface area contributed by atoms with Crippen LogP contribution >= 0.6 is 0 Å². The Morgan fingerprint density at radius 3 is 2.48 bits per heavy atom. The molecule has 2 aliphatic heterocycles. The molecule has 2 saturated heterocycles. The number of piperidine rings is 1. The highest BCUT2D eigenvalue weighted by atomic mass is 16.7. The van der Waals surface area contributed by atoms with Crippen molar-refractivity contribution in [2.45, 2.75) is 95.4 Å². The van der Waals surface area contributed by atoms with Gasteiger partial charge in [0.05, 0.1) is 5.52 Å². The fraction of sp³-hybridized carbons (Fsp3) is 0.476. The van der Waals surface area contributed by atoms with Gasteiger partial charge >= 0.3 is 11.9 Å². The molecule has 3 N–H and O–H groups in total. The molecule has 4 aliphatic rings. The van der Waals surface area contributed by atoms with E-state index in [4.69, 9.17) is 18.7 Å². The Balaban J connectivity index is 0.894. The molecule has 0 bridgehead atoms. The molecule has 4 heterocycles. The van der Waals surface area contributed by atoms with E-state index in [0.29, 0.717) is 22.8 Å². The van der Waals surface area contributed by atoms with Gasteiger partial charge in [0.25, 0.3) is 0 Å². The van der Waals surface area contributed by atoms with Crippen LogP contribution < -0.4 is 4.90 Å². The normalized spacial score (nSPS) is 25.4. The van der Waals surface area contributed by atoms with E-state index in [1.54, 1.807) is 6.07 Å². The number of fused-ring (bicyclic) bond motifs is 1. The Labute approximate surface area is 313 Å². The molecular formula is C42H47N3O9. The minimum absolute atomic E-state index is 0.0316. The lowest BCUT2D eigenvalue weighted by atomic mass is 9.56. The van der Waals surface area contributed by atoms with Gasteiger partial charge in [-0.25, -0.2) is 14.6 Å². The highest BCUT2D eigenvalue weighted by Gasteiger charge is 2.50. The van der Waals surface area contributed by atoms with Crippen molar-refractivity contribution in [2.24, 2.45) is 11.3 Å². The average molecular weight is 738 g/mol. The van der Waals surface area contributed by atoms with E-state index in [2.05, 4.69) is 58.9 Å². The monoisotopic (exact) mass is 737 g/mol. The molecule has 284 valence electrons. The smallest absolute Gasteiger partial charge is 0.359 e. The molecule has 0 unspecified atom stereocenters. The number of hydrogen-bond donors (Lipinski definition) is 3. The summed E-state index contributed by atoms with van der Waals surface area (Å²) in [6.45, 7) is 9.27. The third-order valence-corrected chi connectivity index (χ3v) is 11.9. The van der Waals surface area contributed by atoms with Crippen molar-refractivity contribution < 1.29 is 43.6 Å². The summed E-state index contributed by atoms with van der Waals surface area (Å²) in [7, 11) is 0. The lowest BCUT2D eigenvalue weighted by Gasteiger charge is -2.53. The number of aromatic nitrogens is 2. The Morgan fingerprint density at radius 1 is 1.00 bits per heavy atom. The first-order chi connectivity index (χ1) is 26.0. The van der Waals surface area contributed by atoms with E-state index in [9.17, 15) is 24.9 Å². The Hall–Kier alpha value is -4.62. The van der Waals surface area contributed by atoms with E-state index in [-0.39, 0.29) is 12.3 Å². The van der Waals surface area contributed by atoms with E-state index < -0.39 is 42.6 Å². The first kappa shape index (κ1) is 36.4. The number of carbonyl (C=O) groups is 2. The van der Waals surface area contributed by atoms with E-state index in [1.165, 1.54) is 48.4 Å². The summed E-state index contributed by atoms with van der Waals surface area (Å²) in [5.41, 5.74) is 7.61. The number of hydrogen-bond acceptors (Lipinski definition) is 12. The Bertz CT molecular complexity index is 2060. The van der Waals surface area contributed by atoms with E-state index in [1.807, 2.05) is 19.1 Å². The van der Waals surface area contributed by atoms with Gasteiger partial charge in [-0.2, -0.15) is 0 Å². The van der Waals surface area contributed by atoms with Crippen molar-refractivity contribution in [3.05, 3.63) is 89.3 Å². The maximum absolute atomic E-state index is 13.2. The molecule has 0 radical (unpaired) electrons. The number of pyridine rings is 1. The number of aryl methyl sites for hydroxylation is 2. The Morgan fingerprint density at radius 2 is 1.76 bits per heavy atom. The molecule has 2 aromatic carbocycles. The summed E-state index contributed by atoms with van der Waals surface area (Å²) < 4.78 is 21.6. The number of esters is 2. The number of rotatable bonds is 10. The van der Waals surface area contributed by atoms with Crippen LogP contribution in [0, 0.1) is 25.2 Å². The third-order valence-electron chi connectivity index (χ3n) is 11.9. The van der Waals surface area contributed by atoms with Gasteiger partial charge in [0, 0.05) is 41.2 Å². The van der Waals surface area contributed by atoms with Gasteiger partial charge in [-0.1, -0.05) is 42.1 Å². The molecule has 4 fully saturated rings. The molecule has 12 heteroatoms. The van der Waals surface area contributed by atoms with Crippen molar-refractivity contribution in [1.29, 1.82) is 0 Å². The quantitative estimate of drug-likeness (QED) is 0.142. The minimum atomic E-state index is -1.82. The summed E-state index contributed by atoms with van der Waals surface area (Å²) in [5.74, 6) is 0.354. The van der Waals surface area contributed by atoms with Crippen molar-refractivity contribution >= 4 is 28.5 Å². The predicted octanol–water partition coefficient (Wildman–Crippen LogP) is 5.32. The molecule has 54 heavy (non-hydrogen) atoms. The Kier molecular flexibility index (Phi) is 9.80. The molecule has 4 aromatic rings. The van der Waals surface area contributed by atoms with Crippen molar-refractivity contribution in [3.63, 3.8) is 0 Å². The van der Waals surface area contributed by atoms with E-state index >= 15 is 0 Å². The van der Waals surface area contributed by atoms with E-state index in [0.717, 1.165) is 60.4 Å². The predicted molar refractivity (Wildman–Crippen MR) is 199 cm³/mol. The zero-order valence-electron chi connectivity index (χ0n) is 30.6. The van der Waals surface area contributed by atoms with Gasteiger partial charge in [-0.15, -0.1) is 0 Å². The van der Waals surface area contributed by atoms with Gasteiger partial charge in [0.2, 0.25) is 6.29 Å². The summed E-state index contributed by atoms with van der Waals surface area (Å²) in [5, 5.41) is 36.5.